The van der Waals surface area contributed by atoms with E-state index in [2.05, 4.69) is 0 Å². The van der Waals surface area contributed by atoms with Gasteiger partial charge in [-0.1, -0.05) is 49.6 Å². The van der Waals surface area contributed by atoms with Gasteiger partial charge in [0.15, 0.2) is 0 Å². The summed E-state index contributed by atoms with van der Waals surface area (Å²) in [5.74, 6) is 0.379. The van der Waals surface area contributed by atoms with E-state index < -0.39 is 17.7 Å². The van der Waals surface area contributed by atoms with E-state index in [1.165, 1.54) is 12.1 Å². The summed E-state index contributed by atoms with van der Waals surface area (Å²) < 4.78 is 45.7. The molecule has 0 heterocycles. The number of halogens is 4. The number of benzene rings is 2. The zero-order chi connectivity index (χ0) is 23.3. The second-order valence-electron chi connectivity index (χ2n) is 8.42. The molecule has 0 aliphatic heterocycles. The quantitative estimate of drug-likeness (QED) is 0.473. The van der Waals surface area contributed by atoms with E-state index >= 15 is 0 Å². The van der Waals surface area contributed by atoms with Crippen LogP contribution in [0, 0.1) is 11.8 Å². The molecular weight excluding hydrogens is 441 g/mol. The molecule has 0 aromatic heterocycles. The minimum absolute atomic E-state index is 0.0185. The molecule has 0 atom stereocenters. The Kier molecular flexibility index (Phi) is 8.10. The lowest BCUT2D eigenvalue weighted by Crippen LogP contribution is -2.07. The second-order valence-corrected chi connectivity index (χ2v) is 8.80. The van der Waals surface area contributed by atoms with Crippen LogP contribution in [0.2, 0.25) is 5.02 Å². The molecule has 2 aromatic carbocycles. The average Bonchev–Trinajstić information content (AvgIpc) is 3.42. The fourth-order valence-electron chi connectivity index (χ4n) is 3.82. The number of aliphatic carboxylic acids is 1. The second kappa shape index (κ2) is 10.6. The smallest absolute Gasteiger partial charge is 0.417 e. The zero-order valence-electron chi connectivity index (χ0n) is 18.1. The van der Waals surface area contributed by atoms with E-state index in [0.717, 1.165) is 50.2 Å². The Balaban J connectivity index is 0.000000305. The topological polar surface area (TPSA) is 46.5 Å². The van der Waals surface area contributed by atoms with Crippen molar-refractivity contribution >= 4 is 17.6 Å². The lowest BCUT2D eigenvalue weighted by atomic mass is 9.96. The highest BCUT2D eigenvalue weighted by molar-refractivity contribution is 6.33. The maximum atomic E-state index is 13.3. The number of hydrogen-bond acceptors (Lipinski definition) is 2. The summed E-state index contributed by atoms with van der Waals surface area (Å²) in [6.45, 7) is 2.48. The van der Waals surface area contributed by atoms with E-state index in [1.54, 1.807) is 18.2 Å². The molecule has 2 fully saturated rings. The van der Waals surface area contributed by atoms with Crippen molar-refractivity contribution in [3.8, 4) is 16.9 Å². The molecule has 0 unspecified atom stereocenters. The molecule has 7 heteroatoms. The number of rotatable bonds is 6. The van der Waals surface area contributed by atoms with E-state index in [-0.39, 0.29) is 11.5 Å². The van der Waals surface area contributed by atoms with Gasteiger partial charge in [0.25, 0.3) is 0 Å². The molecule has 4 rings (SSSR count). The van der Waals surface area contributed by atoms with E-state index in [0.29, 0.717) is 35.3 Å². The van der Waals surface area contributed by atoms with Gasteiger partial charge in [0.1, 0.15) is 5.75 Å². The van der Waals surface area contributed by atoms with Crippen LogP contribution >= 0.6 is 11.6 Å². The normalized spacial score (nSPS) is 16.4. The Morgan fingerprint density at radius 3 is 2.31 bits per heavy atom. The molecule has 1 N–H and O–H groups in total. The molecule has 0 saturated heterocycles. The lowest BCUT2D eigenvalue weighted by Gasteiger charge is -2.16. The molecule has 2 saturated carbocycles. The van der Waals surface area contributed by atoms with Crippen molar-refractivity contribution < 1.29 is 27.8 Å². The Morgan fingerprint density at radius 1 is 1.12 bits per heavy atom. The highest BCUT2D eigenvalue weighted by Crippen LogP contribution is 2.41. The number of hydrogen-bond donors (Lipinski definition) is 1. The molecule has 2 aliphatic carbocycles. The molecule has 32 heavy (non-hydrogen) atoms. The van der Waals surface area contributed by atoms with Gasteiger partial charge in [0.2, 0.25) is 0 Å². The number of ether oxygens (including phenoxy) is 1. The first kappa shape index (κ1) is 24.4. The highest BCUT2D eigenvalue weighted by atomic mass is 35.5. The number of alkyl halides is 3. The van der Waals surface area contributed by atoms with Gasteiger partial charge in [-0.3, -0.25) is 4.79 Å². The molecule has 3 nitrogen and oxygen atoms in total. The number of carbonyl (C=O) groups is 1. The maximum absolute atomic E-state index is 13.3. The van der Waals surface area contributed by atoms with Crippen LogP contribution in [0.5, 0.6) is 5.75 Å². The van der Waals surface area contributed by atoms with Crippen LogP contribution in [0.4, 0.5) is 13.2 Å². The van der Waals surface area contributed by atoms with Gasteiger partial charge < -0.3 is 9.84 Å². The summed E-state index contributed by atoms with van der Waals surface area (Å²) in [4.78, 5) is 10.2. The van der Waals surface area contributed by atoms with E-state index in [4.69, 9.17) is 21.4 Å². The third-order valence-corrected chi connectivity index (χ3v) is 6.34. The molecule has 0 radical (unpaired) electrons. The summed E-state index contributed by atoms with van der Waals surface area (Å²) in [5, 5.41) is 8.91. The van der Waals surface area contributed by atoms with Gasteiger partial charge in [-0.2, -0.15) is 13.2 Å². The van der Waals surface area contributed by atoms with Gasteiger partial charge in [0, 0.05) is 0 Å². The molecule has 0 bridgehead atoms. The fraction of sp³-hybridized carbons (Fsp3) is 0.480. The third-order valence-electron chi connectivity index (χ3n) is 5.91. The fourth-order valence-corrected chi connectivity index (χ4v) is 4.12. The van der Waals surface area contributed by atoms with Crippen LogP contribution in [-0.2, 0) is 17.4 Å². The summed E-state index contributed by atoms with van der Waals surface area (Å²) in [6, 6.07) is 8.92. The van der Waals surface area contributed by atoms with Crippen molar-refractivity contribution in [3.63, 3.8) is 0 Å². The summed E-state index contributed by atoms with van der Waals surface area (Å²) in [6.07, 6.45) is 2.50. The Bertz CT molecular complexity index is 933. The number of carboxylic acids is 1. The number of carboxylic acid groups (broad SMARTS) is 1. The number of aryl methyl sites for hydroxylation is 1. The van der Waals surface area contributed by atoms with Gasteiger partial charge in [-0.05, 0) is 72.9 Å². The van der Waals surface area contributed by atoms with Crippen molar-refractivity contribution in [2.45, 2.75) is 58.0 Å². The zero-order valence-corrected chi connectivity index (χ0v) is 18.8. The molecule has 2 aliphatic rings. The first-order chi connectivity index (χ1) is 15.2. The van der Waals surface area contributed by atoms with Crippen LogP contribution in [-0.4, -0.2) is 17.7 Å². The largest absolute Gasteiger partial charge is 0.492 e. The van der Waals surface area contributed by atoms with E-state index in [1.807, 2.05) is 6.92 Å². The SMILES string of the molecule is CCc1cc(-c2ccccc2C(F)(F)F)cc(OCC2CC2)c1Cl.O=C(O)C1CCCC1. The third kappa shape index (κ3) is 6.41. The van der Waals surface area contributed by atoms with E-state index in [9.17, 15) is 18.0 Å². The van der Waals surface area contributed by atoms with Crippen LogP contribution in [0.15, 0.2) is 36.4 Å². The van der Waals surface area contributed by atoms with Crippen molar-refractivity contribution in [2.24, 2.45) is 11.8 Å². The molecule has 0 amide bonds. The van der Waals surface area contributed by atoms with Crippen molar-refractivity contribution in [1.29, 1.82) is 0 Å². The summed E-state index contributed by atoms with van der Waals surface area (Å²) in [7, 11) is 0. The molecule has 0 spiro atoms. The van der Waals surface area contributed by atoms with Crippen LogP contribution in [0.25, 0.3) is 11.1 Å². The van der Waals surface area contributed by atoms with Gasteiger partial charge in [0.05, 0.1) is 23.1 Å². The maximum Gasteiger partial charge on any atom is 0.417 e. The predicted octanol–water partition coefficient (Wildman–Crippen LogP) is 7.64. The monoisotopic (exact) mass is 468 g/mol. The highest BCUT2D eigenvalue weighted by Gasteiger charge is 2.33. The van der Waals surface area contributed by atoms with Crippen LogP contribution < -0.4 is 4.74 Å². The lowest BCUT2D eigenvalue weighted by molar-refractivity contribution is -0.141. The van der Waals surface area contributed by atoms with Crippen LogP contribution in [0.3, 0.4) is 0 Å². The Hall–Kier alpha value is -2.21. The van der Waals surface area contributed by atoms with Crippen molar-refractivity contribution in [2.75, 3.05) is 6.61 Å². The Labute approximate surface area is 191 Å². The molecule has 174 valence electrons. The van der Waals surface area contributed by atoms with Gasteiger partial charge >= 0.3 is 12.1 Å². The summed E-state index contributed by atoms with van der Waals surface area (Å²) in [5.41, 5.74) is 0.766. The van der Waals surface area contributed by atoms with Gasteiger partial charge in [-0.15, -0.1) is 0 Å². The van der Waals surface area contributed by atoms with Crippen molar-refractivity contribution in [1.82, 2.24) is 0 Å². The first-order valence-electron chi connectivity index (χ1n) is 11.0. The average molecular weight is 469 g/mol. The van der Waals surface area contributed by atoms with Gasteiger partial charge in [-0.25, -0.2) is 0 Å². The standard InChI is InChI=1S/C19H18ClF3O.C6H10O2/c1-2-13-9-14(10-17(18(13)20)24-11-12-7-8-12)15-5-3-4-6-16(15)19(21,22)23;7-6(8)5-3-1-2-4-5/h3-6,9-10,12H,2,7-8,11H2,1H3;5H,1-4H2,(H,7,8). The molecule has 2 aromatic rings. The predicted molar refractivity (Wildman–Crippen MR) is 119 cm³/mol. The van der Waals surface area contributed by atoms with Crippen LogP contribution in [0.1, 0.15) is 56.6 Å². The summed E-state index contributed by atoms with van der Waals surface area (Å²) >= 11 is 6.35. The Morgan fingerprint density at radius 2 is 1.78 bits per heavy atom. The first-order valence-corrected chi connectivity index (χ1v) is 11.4. The van der Waals surface area contributed by atoms with Crippen molar-refractivity contribution in [3.05, 3.63) is 52.5 Å². The minimum atomic E-state index is -4.41. The minimum Gasteiger partial charge on any atom is -0.492 e. The molecular formula is C25H28ClF3O3.